The Morgan fingerprint density at radius 1 is 0.565 bits per heavy atom. The van der Waals surface area contributed by atoms with Crippen LogP contribution in [0.1, 0.15) is 66.3 Å². The molecule has 0 atom stereocenters. The fourth-order valence-corrected chi connectivity index (χ4v) is 7.87. The SMILES string of the molecule is Fc1c(CCc2ccc(CN3CCCCC3)cc2Br)cccc1-c1cccc(COc2ccc(CN3CCCCC3)cc2Br)c1F. The third-order valence-corrected chi connectivity index (χ3v) is 10.7. The highest BCUT2D eigenvalue weighted by Gasteiger charge is 2.18. The van der Waals surface area contributed by atoms with Crippen molar-refractivity contribution in [3.63, 3.8) is 0 Å². The van der Waals surface area contributed by atoms with Crippen LogP contribution in [0.2, 0.25) is 0 Å². The first kappa shape index (κ1) is 33.3. The van der Waals surface area contributed by atoms with E-state index in [2.05, 4.69) is 72.0 Å². The Hall–Kier alpha value is -2.58. The number of hydrogen-bond donors (Lipinski definition) is 0. The van der Waals surface area contributed by atoms with Crippen LogP contribution in [-0.2, 0) is 32.5 Å². The average molecular weight is 753 g/mol. The van der Waals surface area contributed by atoms with Crippen molar-refractivity contribution in [1.29, 1.82) is 0 Å². The van der Waals surface area contributed by atoms with Crippen molar-refractivity contribution in [1.82, 2.24) is 9.80 Å². The minimum absolute atomic E-state index is 0.0484. The molecule has 7 heteroatoms. The third kappa shape index (κ3) is 8.46. The zero-order chi connectivity index (χ0) is 31.9. The smallest absolute Gasteiger partial charge is 0.137 e. The average Bonchev–Trinajstić information content (AvgIpc) is 3.06. The van der Waals surface area contributed by atoms with Crippen molar-refractivity contribution in [2.75, 3.05) is 26.2 Å². The van der Waals surface area contributed by atoms with Crippen LogP contribution in [0.15, 0.2) is 81.7 Å². The van der Waals surface area contributed by atoms with Crippen molar-refractivity contribution < 1.29 is 13.5 Å². The van der Waals surface area contributed by atoms with Gasteiger partial charge in [-0.05, 0) is 121 Å². The first-order valence-electron chi connectivity index (χ1n) is 16.6. The van der Waals surface area contributed by atoms with Crippen molar-refractivity contribution in [3.05, 3.63) is 121 Å². The van der Waals surface area contributed by atoms with Gasteiger partial charge >= 0.3 is 0 Å². The van der Waals surface area contributed by atoms with Crippen molar-refractivity contribution in [3.8, 4) is 16.9 Å². The first-order valence-corrected chi connectivity index (χ1v) is 18.2. The molecule has 2 fully saturated rings. The summed E-state index contributed by atoms with van der Waals surface area (Å²) in [5, 5.41) is 0. The number of ether oxygens (including phenoxy) is 1. The van der Waals surface area contributed by atoms with Gasteiger partial charge in [0.1, 0.15) is 24.0 Å². The van der Waals surface area contributed by atoms with E-state index in [4.69, 9.17) is 4.74 Å². The molecule has 0 saturated carbocycles. The Morgan fingerprint density at radius 3 is 1.67 bits per heavy atom. The van der Waals surface area contributed by atoms with E-state index in [9.17, 15) is 0 Å². The highest BCUT2D eigenvalue weighted by molar-refractivity contribution is 9.10. The summed E-state index contributed by atoms with van der Waals surface area (Å²) in [6, 6.07) is 23.0. The summed E-state index contributed by atoms with van der Waals surface area (Å²) in [4.78, 5) is 4.99. The minimum Gasteiger partial charge on any atom is -0.488 e. The lowest BCUT2D eigenvalue weighted by Gasteiger charge is -2.26. The van der Waals surface area contributed by atoms with E-state index in [1.807, 2.05) is 12.1 Å². The van der Waals surface area contributed by atoms with Crippen molar-refractivity contribution >= 4 is 31.9 Å². The van der Waals surface area contributed by atoms with E-state index in [-0.39, 0.29) is 23.6 Å². The highest BCUT2D eigenvalue weighted by Crippen LogP contribution is 2.32. The second-order valence-corrected chi connectivity index (χ2v) is 14.4. The van der Waals surface area contributed by atoms with E-state index in [1.54, 1.807) is 30.3 Å². The Labute approximate surface area is 289 Å². The molecule has 0 aliphatic carbocycles. The normalized spacial score (nSPS) is 16.1. The second kappa shape index (κ2) is 16.0. The number of hydrogen-bond acceptors (Lipinski definition) is 3. The van der Waals surface area contributed by atoms with Crippen LogP contribution in [0.25, 0.3) is 11.1 Å². The molecule has 46 heavy (non-hydrogen) atoms. The Kier molecular flexibility index (Phi) is 11.6. The molecule has 242 valence electrons. The molecule has 0 unspecified atom stereocenters. The van der Waals surface area contributed by atoms with Crippen LogP contribution < -0.4 is 4.74 Å². The van der Waals surface area contributed by atoms with Crippen LogP contribution in [0.4, 0.5) is 8.78 Å². The Bertz CT molecular complexity index is 1510. The molecule has 6 rings (SSSR count). The molecule has 2 aliphatic rings. The summed E-state index contributed by atoms with van der Waals surface area (Å²) >= 11 is 7.39. The van der Waals surface area contributed by atoms with Gasteiger partial charge in [0.2, 0.25) is 0 Å². The fourth-order valence-electron chi connectivity index (χ4n) is 6.71. The van der Waals surface area contributed by atoms with Crippen LogP contribution in [-0.4, -0.2) is 36.0 Å². The van der Waals surface area contributed by atoms with E-state index < -0.39 is 5.82 Å². The molecule has 0 radical (unpaired) electrons. The number of benzene rings is 4. The van der Waals surface area contributed by atoms with Gasteiger partial charge in [-0.25, -0.2) is 8.78 Å². The van der Waals surface area contributed by atoms with Crippen LogP contribution in [0.5, 0.6) is 5.75 Å². The molecule has 2 heterocycles. The van der Waals surface area contributed by atoms with Gasteiger partial charge in [-0.1, -0.05) is 83.4 Å². The predicted molar refractivity (Wildman–Crippen MR) is 190 cm³/mol. The second-order valence-electron chi connectivity index (χ2n) is 12.7. The Morgan fingerprint density at radius 2 is 1.09 bits per heavy atom. The number of piperidine rings is 2. The maximum atomic E-state index is 15.9. The zero-order valence-corrected chi connectivity index (χ0v) is 29.5. The monoisotopic (exact) mass is 750 g/mol. The zero-order valence-electron chi connectivity index (χ0n) is 26.3. The number of aryl methyl sites for hydroxylation is 2. The molecule has 0 spiro atoms. The molecule has 0 aromatic heterocycles. The van der Waals surface area contributed by atoms with Gasteiger partial charge in [-0.15, -0.1) is 0 Å². The van der Waals surface area contributed by atoms with E-state index in [0.717, 1.165) is 53.8 Å². The number of halogens is 4. The molecule has 0 bridgehead atoms. The topological polar surface area (TPSA) is 15.7 Å². The summed E-state index contributed by atoms with van der Waals surface area (Å²) in [6.07, 6.45) is 8.92. The molecule has 4 aromatic carbocycles. The van der Waals surface area contributed by atoms with Gasteiger partial charge < -0.3 is 4.74 Å². The van der Waals surface area contributed by atoms with Crippen LogP contribution in [0, 0.1) is 11.6 Å². The third-order valence-electron chi connectivity index (χ3n) is 9.32. The van der Waals surface area contributed by atoms with Gasteiger partial charge in [0.15, 0.2) is 0 Å². The largest absolute Gasteiger partial charge is 0.488 e. The maximum Gasteiger partial charge on any atom is 0.137 e. The number of rotatable bonds is 11. The molecule has 2 saturated heterocycles. The highest BCUT2D eigenvalue weighted by atomic mass is 79.9. The first-order chi connectivity index (χ1) is 22.4. The molecule has 0 N–H and O–H groups in total. The quantitative estimate of drug-likeness (QED) is 0.152. The molecule has 2 aliphatic heterocycles. The minimum atomic E-state index is -0.455. The molecular formula is C39H42Br2F2N2O. The lowest BCUT2D eigenvalue weighted by atomic mass is 9.96. The summed E-state index contributed by atoms with van der Waals surface area (Å²) < 4.78 is 39.7. The lowest BCUT2D eigenvalue weighted by Crippen LogP contribution is -2.29. The molecule has 4 aromatic rings. The summed E-state index contributed by atoms with van der Waals surface area (Å²) in [5.74, 6) is -0.168. The lowest BCUT2D eigenvalue weighted by molar-refractivity contribution is 0.220. The van der Waals surface area contributed by atoms with E-state index in [0.29, 0.717) is 29.7 Å². The summed E-state index contributed by atoms with van der Waals surface area (Å²) in [6.45, 7) is 6.54. The predicted octanol–water partition coefficient (Wildman–Crippen LogP) is 10.5. The van der Waals surface area contributed by atoms with Gasteiger partial charge in [0.25, 0.3) is 0 Å². The van der Waals surface area contributed by atoms with Crippen LogP contribution in [0.3, 0.4) is 0 Å². The van der Waals surface area contributed by atoms with Gasteiger partial charge in [0, 0.05) is 34.3 Å². The number of nitrogens with zero attached hydrogens (tertiary/aromatic N) is 2. The van der Waals surface area contributed by atoms with Gasteiger partial charge in [-0.3, -0.25) is 9.80 Å². The van der Waals surface area contributed by atoms with Gasteiger partial charge in [-0.2, -0.15) is 0 Å². The molecular weight excluding hydrogens is 710 g/mol. The van der Waals surface area contributed by atoms with E-state index in [1.165, 1.54) is 49.7 Å². The summed E-state index contributed by atoms with van der Waals surface area (Å²) in [7, 11) is 0. The number of likely N-dealkylation sites (tertiary alicyclic amines) is 2. The standard InChI is InChI=1S/C39H42Br2F2N2O/c40-35-23-28(25-44-19-3-1-4-20-44)13-15-30(35)16-17-31-9-7-11-33(38(31)42)34-12-8-10-32(39(34)43)27-46-37-18-14-29(24-36(37)41)26-45-21-5-2-6-22-45/h7-15,18,23-24H,1-6,16-17,19-22,25-27H2. The van der Waals surface area contributed by atoms with E-state index >= 15 is 8.78 Å². The Balaban J connectivity index is 1.10. The van der Waals surface area contributed by atoms with Crippen LogP contribution >= 0.6 is 31.9 Å². The van der Waals surface area contributed by atoms with Crippen molar-refractivity contribution in [2.24, 2.45) is 0 Å². The maximum absolute atomic E-state index is 15.9. The van der Waals surface area contributed by atoms with Crippen molar-refractivity contribution in [2.45, 2.75) is 71.1 Å². The van der Waals surface area contributed by atoms with Gasteiger partial charge in [0.05, 0.1) is 4.47 Å². The molecule has 0 amide bonds. The summed E-state index contributed by atoms with van der Waals surface area (Å²) in [5.41, 5.74) is 5.15. The fraction of sp³-hybridized carbons (Fsp3) is 0.385. The molecule has 3 nitrogen and oxygen atoms in total.